The molecule has 1 fully saturated rings. The van der Waals surface area contributed by atoms with Gasteiger partial charge in [-0.2, -0.15) is 4.31 Å². The van der Waals surface area contributed by atoms with Crippen molar-refractivity contribution in [2.45, 2.75) is 11.8 Å². The molecular formula is C19H20Cl2N2O4S. The van der Waals surface area contributed by atoms with Gasteiger partial charge in [-0.05, 0) is 49.4 Å². The first kappa shape index (κ1) is 20.9. The molecule has 0 aromatic heterocycles. The minimum absolute atomic E-state index is 0.205. The molecule has 0 radical (unpaired) electrons. The number of amides is 1. The van der Waals surface area contributed by atoms with Crippen molar-refractivity contribution in [3.8, 4) is 5.75 Å². The topological polar surface area (TPSA) is 66.9 Å². The molecule has 28 heavy (non-hydrogen) atoms. The van der Waals surface area contributed by atoms with Crippen LogP contribution in [-0.2, 0) is 10.0 Å². The largest absolute Gasteiger partial charge is 0.494 e. The van der Waals surface area contributed by atoms with E-state index in [0.717, 1.165) is 0 Å². The maximum absolute atomic E-state index is 12.8. The van der Waals surface area contributed by atoms with Crippen LogP contribution in [0.2, 0.25) is 10.0 Å². The van der Waals surface area contributed by atoms with Crippen molar-refractivity contribution in [3.05, 3.63) is 58.1 Å². The zero-order valence-electron chi connectivity index (χ0n) is 15.3. The zero-order chi connectivity index (χ0) is 20.3. The molecule has 9 heteroatoms. The van der Waals surface area contributed by atoms with E-state index in [1.807, 2.05) is 6.92 Å². The van der Waals surface area contributed by atoms with Crippen molar-refractivity contribution in [1.82, 2.24) is 9.21 Å². The van der Waals surface area contributed by atoms with Gasteiger partial charge in [0.2, 0.25) is 10.0 Å². The number of piperazine rings is 1. The second-order valence-electron chi connectivity index (χ2n) is 6.22. The summed E-state index contributed by atoms with van der Waals surface area (Å²) in [6, 6.07) is 11.0. The smallest absolute Gasteiger partial charge is 0.255 e. The van der Waals surface area contributed by atoms with Crippen molar-refractivity contribution < 1.29 is 17.9 Å². The highest BCUT2D eigenvalue weighted by atomic mass is 35.5. The number of halogens is 2. The van der Waals surface area contributed by atoms with Crippen LogP contribution in [0.1, 0.15) is 17.3 Å². The molecule has 150 valence electrons. The molecule has 0 atom stereocenters. The van der Waals surface area contributed by atoms with E-state index >= 15 is 0 Å². The fraction of sp³-hybridized carbons (Fsp3) is 0.316. The number of hydrogen-bond donors (Lipinski definition) is 0. The number of hydrogen-bond acceptors (Lipinski definition) is 4. The summed E-state index contributed by atoms with van der Waals surface area (Å²) in [5, 5.41) is 0.731. The van der Waals surface area contributed by atoms with Crippen molar-refractivity contribution in [2.24, 2.45) is 0 Å². The number of benzene rings is 2. The molecule has 0 aliphatic carbocycles. The maximum atomic E-state index is 12.8. The molecule has 0 unspecified atom stereocenters. The summed E-state index contributed by atoms with van der Waals surface area (Å²) < 4.78 is 32.4. The van der Waals surface area contributed by atoms with Gasteiger partial charge in [-0.15, -0.1) is 0 Å². The quantitative estimate of drug-likeness (QED) is 0.709. The average molecular weight is 443 g/mol. The van der Waals surface area contributed by atoms with Crippen LogP contribution in [0.4, 0.5) is 0 Å². The van der Waals surface area contributed by atoms with Gasteiger partial charge in [0.15, 0.2) is 0 Å². The highest BCUT2D eigenvalue weighted by molar-refractivity contribution is 7.89. The van der Waals surface area contributed by atoms with E-state index in [-0.39, 0.29) is 42.0 Å². The lowest BCUT2D eigenvalue weighted by atomic mass is 10.2. The van der Waals surface area contributed by atoms with Crippen molar-refractivity contribution in [3.63, 3.8) is 0 Å². The molecular weight excluding hydrogens is 423 g/mol. The SMILES string of the molecule is CCOc1ccc(S(=O)(=O)N2CCN(C(=O)c3ccc(Cl)cc3Cl)CC2)cc1. The van der Waals surface area contributed by atoms with Crippen LogP contribution < -0.4 is 4.74 Å². The summed E-state index contributed by atoms with van der Waals surface area (Å²) in [6.07, 6.45) is 0. The molecule has 1 saturated heterocycles. The summed E-state index contributed by atoms with van der Waals surface area (Å²) in [7, 11) is -3.62. The molecule has 6 nitrogen and oxygen atoms in total. The Balaban J connectivity index is 1.67. The van der Waals surface area contributed by atoms with Crippen LogP contribution in [0, 0.1) is 0 Å². The van der Waals surface area contributed by atoms with E-state index in [0.29, 0.717) is 22.9 Å². The van der Waals surface area contributed by atoms with Gasteiger partial charge in [0.25, 0.3) is 5.91 Å². The molecule has 1 amide bonds. The van der Waals surface area contributed by atoms with E-state index in [2.05, 4.69) is 0 Å². The predicted octanol–water partition coefficient (Wildman–Crippen LogP) is 3.54. The van der Waals surface area contributed by atoms with E-state index in [1.54, 1.807) is 29.2 Å². The lowest BCUT2D eigenvalue weighted by molar-refractivity contribution is 0.0698. The van der Waals surface area contributed by atoms with Gasteiger partial charge in [-0.25, -0.2) is 8.42 Å². The maximum Gasteiger partial charge on any atom is 0.255 e. The van der Waals surface area contributed by atoms with Crippen molar-refractivity contribution in [2.75, 3.05) is 32.8 Å². The van der Waals surface area contributed by atoms with Crippen molar-refractivity contribution in [1.29, 1.82) is 0 Å². The van der Waals surface area contributed by atoms with Gasteiger partial charge >= 0.3 is 0 Å². The van der Waals surface area contributed by atoms with Gasteiger partial charge in [0.1, 0.15) is 5.75 Å². The second kappa shape index (κ2) is 8.69. The minimum atomic E-state index is -3.62. The molecule has 0 bridgehead atoms. The number of carbonyl (C=O) groups excluding carboxylic acids is 1. The van der Waals surface area contributed by atoms with Gasteiger partial charge in [-0.3, -0.25) is 4.79 Å². The summed E-state index contributed by atoms with van der Waals surface area (Å²) in [4.78, 5) is 14.5. The Morgan fingerprint density at radius 2 is 1.68 bits per heavy atom. The predicted molar refractivity (Wildman–Crippen MR) is 109 cm³/mol. The molecule has 0 N–H and O–H groups in total. The molecule has 0 saturated carbocycles. The third-order valence-corrected chi connectivity index (χ3v) is 6.92. The number of nitrogens with zero attached hydrogens (tertiary/aromatic N) is 2. The normalized spacial score (nSPS) is 15.5. The zero-order valence-corrected chi connectivity index (χ0v) is 17.6. The van der Waals surface area contributed by atoms with Gasteiger partial charge in [-0.1, -0.05) is 23.2 Å². The number of rotatable bonds is 5. The van der Waals surface area contributed by atoms with Crippen LogP contribution >= 0.6 is 23.2 Å². The molecule has 3 rings (SSSR count). The monoisotopic (exact) mass is 442 g/mol. The third kappa shape index (κ3) is 4.43. The van der Waals surface area contributed by atoms with Crippen LogP contribution in [0.3, 0.4) is 0 Å². The van der Waals surface area contributed by atoms with Crippen LogP contribution in [0.5, 0.6) is 5.75 Å². The Morgan fingerprint density at radius 3 is 2.25 bits per heavy atom. The van der Waals surface area contributed by atoms with E-state index in [9.17, 15) is 13.2 Å². The number of ether oxygens (including phenoxy) is 1. The number of sulfonamides is 1. The van der Waals surface area contributed by atoms with Crippen LogP contribution in [0.15, 0.2) is 47.4 Å². The fourth-order valence-corrected chi connectivity index (χ4v) is 4.90. The van der Waals surface area contributed by atoms with Crippen molar-refractivity contribution >= 4 is 39.1 Å². The average Bonchev–Trinajstić information content (AvgIpc) is 2.68. The van der Waals surface area contributed by atoms with E-state index in [1.165, 1.54) is 22.5 Å². The third-order valence-electron chi connectivity index (χ3n) is 4.46. The number of carbonyl (C=O) groups is 1. The van der Waals surface area contributed by atoms with Crippen LogP contribution in [0.25, 0.3) is 0 Å². The molecule has 2 aromatic rings. The molecule has 1 aliphatic heterocycles. The molecule has 2 aromatic carbocycles. The Kier molecular flexibility index (Phi) is 6.50. The first-order valence-corrected chi connectivity index (χ1v) is 11.0. The lowest BCUT2D eigenvalue weighted by Gasteiger charge is -2.34. The lowest BCUT2D eigenvalue weighted by Crippen LogP contribution is -2.50. The Morgan fingerprint density at radius 1 is 1.04 bits per heavy atom. The first-order chi connectivity index (χ1) is 13.3. The minimum Gasteiger partial charge on any atom is -0.494 e. The van der Waals surface area contributed by atoms with Gasteiger partial charge in [0.05, 0.1) is 22.1 Å². The molecule has 1 heterocycles. The highest BCUT2D eigenvalue weighted by Crippen LogP contribution is 2.24. The summed E-state index contributed by atoms with van der Waals surface area (Å²) in [5.41, 5.74) is 0.355. The molecule has 1 aliphatic rings. The summed E-state index contributed by atoms with van der Waals surface area (Å²) in [5.74, 6) is 0.386. The standard InChI is InChI=1S/C19H20Cl2N2O4S/c1-2-27-15-4-6-16(7-5-15)28(25,26)23-11-9-22(10-12-23)19(24)17-8-3-14(20)13-18(17)21/h3-8,13H,2,9-12H2,1H3. The van der Waals surface area contributed by atoms with E-state index < -0.39 is 10.0 Å². The Hall–Kier alpha value is -1.80. The fourth-order valence-electron chi connectivity index (χ4n) is 2.99. The second-order valence-corrected chi connectivity index (χ2v) is 9.01. The summed E-state index contributed by atoms with van der Waals surface area (Å²) in [6.45, 7) is 3.38. The van der Waals surface area contributed by atoms with Gasteiger partial charge in [0, 0.05) is 31.2 Å². The molecule has 0 spiro atoms. The first-order valence-electron chi connectivity index (χ1n) is 8.80. The van der Waals surface area contributed by atoms with Gasteiger partial charge < -0.3 is 9.64 Å². The van der Waals surface area contributed by atoms with Crippen LogP contribution in [-0.4, -0.2) is 56.3 Å². The Bertz CT molecular complexity index is 956. The van der Waals surface area contributed by atoms with E-state index in [4.69, 9.17) is 27.9 Å². The Labute approximate surface area is 174 Å². The summed E-state index contributed by atoms with van der Waals surface area (Å²) >= 11 is 12.0. The highest BCUT2D eigenvalue weighted by Gasteiger charge is 2.31.